The first-order valence-electron chi connectivity index (χ1n) is 7.04. The third-order valence-electron chi connectivity index (χ3n) is 3.36. The summed E-state index contributed by atoms with van der Waals surface area (Å²) >= 11 is 0. The zero-order valence-electron chi connectivity index (χ0n) is 13.5. The van der Waals surface area contributed by atoms with Gasteiger partial charge in [0.1, 0.15) is 5.69 Å². The Bertz CT molecular complexity index is 706. The summed E-state index contributed by atoms with van der Waals surface area (Å²) < 4.78 is 6.04. The van der Waals surface area contributed by atoms with E-state index in [-0.39, 0.29) is 11.1 Å². The molecule has 0 N–H and O–H groups in total. The van der Waals surface area contributed by atoms with Crippen molar-refractivity contribution in [3.63, 3.8) is 0 Å². The van der Waals surface area contributed by atoms with Gasteiger partial charge < -0.3 is 4.74 Å². The predicted molar refractivity (Wildman–Crippen MR) is 83.3 cm³/mol. The van der Waals surface area contributed by atoms with Crippen LogP contribution in [0.5, 0.6) is 0 Å². The van der Waals surface area contributed by atoms with Gasteiger partial charge in [0.2, 0.25) is 0 Å². The van der Waals surface area contributed by atoms with E-state index in [1.807, 2.05) is 52.0 Å². The lowest BCUT2D eigenvalue weighted by molar-refractivity contribution is -0.135. The van der Waals surface area contributed by atoms with Gasteiger partial charge in [-0.15, -0.1) is 0 Å². The number of Topliss-reactive ketones (excluding diaryl/α,β-unsaturated/α-hetero) is 1. The number of nitrogens with zero attached hydrogens (tertiary/aromatic N) is 2. The maximum Gasteiger partial charge on any atom is 0.381 e. The minimum absolute atomic E-state index is 0.209. The van der Waals surface area contributed by atoms with Crippen LogP contribution in [-0.2, 0) is 14.9 Å². The van der Waals surface area contributed by atoms with Crippen molar-refractivity contribution < 1.29 is 14.3 Å². The maximum atomic E-state index is 12.2. The van der Waals surface area contributed by atoms with Gasteiger partial charge in [-0.3, -0.25) is 4.79 Å². The Balaban J connectivity index is 2.60. The molecule has 1 heterocycles. The third kappa shape index (κ3) is 3.08. The highest BCUT2D eigenvalue weighted by molar-refractivity contribution is 6.40. The molecule has 1 aromatic heterocycles. The quantitative estimate of drug-likeness (QED) is 0.497. The highest BCUT2D eigenvalue weighted by Crippen LogP contribution is 2.24. The van der Waals surface area contributed by atoms with Gasteiger partial charge >= 0.3 is 5.97 Å². The Hall–Kier alpha value is -2.43. The Morgan fingerprint density at radius 1 is 1.14 bits per heavy atom. The van der Waals surface area contributed by atoms with Crippen LogP contribution < -0.4 is 0 Å². The Labute approximate surface area is 129 Å². The summed E-state index contributed by atoms with van der Waals surface area (Å²) in [7, 11) is 1.19. The Kier molecular flexibility index (Phi) is 4.17. The van der Waals surface area contributed by atoms with Crippen molar-refractivity contribution in [1.29, 1.82) is 0 Å². The second-order valence-corrected chi connectivity index (χ2v) is 6.23. The fraction of sp³-hybridized carbons (Fsp3) is 0.353. The number of carbonyl (C=O) groups excluding carboxylic acids is 2. The van der Waals surface area contributed by atoms with E-state index in [0.717, 1.165) is 16.9 Å². The van der Waals surface area contributed by atoms with Gasteiger partial charge in [-0.1, -0.05) is 38.5 Å². The van der Waals surface area contributed by atoms with E-state index < -0.39 is 11.8 Å². The lowest BCUT2D eigenvalue weighted by atomic mass is 9.92. The average Bonchev–Trinajstić information content (AvgIpc) is 2.91. The van der Waals surface area contributed by atoms with Crippen LogP contribution in [0.25, 0.3) is 5.69 Å². The van der Waals surface area contributed by atoms with Crippen LogP contribution in [0.1, 0.15) is 42.5 Å². The summed E-state index contributed by atoms with van der Waals surface area (Å²) in [5, 5.41) is 4.51. The van der Waals surface area contributed by atoms with Gasteiger partial charge in [0.05, 0.1) is 18.5 Å². The first kappa shape index (κ1) is 15.9. The van der Waals surface area contributed by atoms with Crippen molar-refractivity contribution in [3.8, 4) is 5.69 Å². The molecule has 0 unspecified atom stereocenters. The van der Waals surface area contributed by atoms with Gasteiger partial charge in [-0.25, -0.2) is 9.48 Å². The standard InChI is InChI=1S/C17H20N2O3/c1-11-6-8-12(9-7-11)19-13(15(20)16(21)22-5)10-14(18-19)17(2,3)4/h6-10H,1-5H3. The van der Waals surface area contributed by atoms with Gasteiger partial charge in [0, 0.05) is 5.41 Å². The summed E-state index contributed by atoms with van der Waals surface area (Å²) in [6, 6.07) is 9.24. The second-order valence-electron chi connectivity index (χ2n) is 6.23. The normalized spacial score (nSPS) is 11.3. The number of hydrogen-bond acceptors (Lipinski definition) is 4. The minimum atomic E-state index is -0.895. The van der Waals surface area contributed by atoms with Crippen LogP contribution in [0.2, 0.25) is 0 Å². The molecule has 0 atom stereocenters. The van der Waals surface area contributed by atoms with E-state index in [9.17, 15) is 9.59 Å². The van der Waals surface area contributed by atoms with Crippen molar-refractivity contribution in [2.24, 2.45) is 0 Å². The molecule has 0 saturated carbocycles. The lowest BCUT2D eigenvalue weighted by Crippen LogP contribution is -2.19. The molecule has 0 aliphatic heterocycles. The number of carbonyl (C=O) groups is 2. The predicted octanol–water partition coefficient (Wildman–Crippen LogP) is 2.83. The highest BCUT2D eigenvalue weighted by atomic mass is 16.5. The monoisotopic (exact) mass is 300 g/mol. The topological polar surface area (TPSA) is 61.2 Å². The van der Waals surface area contributed by atoms with E-state index in [1.54, 1.807) is 6.07 Å². The molecule has 1 aromatic carbocycles. The molecule has 2 aromatic rings. The number of aromatic nitrogens is 2. The van der Waals surface area contributed by atoms with E-state index in [1.165, 1.54) is 11.8 Å². The smallest absolute Gasteiger partial charge is 0.381 e. The van der Waals surface area contributed by atoms with Gasteiger partial charge in [-0.2, -0.15) is 5.10 Å². The van der Waals surface area contributed by atoms with E-state index in [4.69, 9.17) is 0 Å². The fourth-order valence-electron chi connectivity index (χ4n) is 1.99. The van der Waals surface area contributed by atoms with E-state index in [2.05, 4.69) is 9.84 Å². The number of aryl methyl sites for hydroxylation is 1. The van der Waals surface area contributed by atoms with Gasteiger partial charge in [0.15, 0.2) is 0 Å². The highest BCUT2D eigenvalue weighted by Gasteiger charge is 2.27. The summed E-state index contributed by atoms with van der Waals surface area (Å²) in [6.45, 7) is 7.98. The van der Waals surface area contributed by atoms with Crippen molar-refractivity contribution in [1.82, 2.24) is 9.78 Å². The zero-order valence-corrected chi connectivity index (χ0v) is 13.5. The lowest BCUT2D eigenvalue weighted by Gasteiger charge is -2.14. The molecule has 0 bridgehead atoms. The summed E-state index contributed by atoms with van der Waals surface area (Å²) in [4.78, 5) is 23.8. The number of ether oxygens (including phenoxy) is 1. The maximum absolute atomic E-state index is 12.2. The Morgan fingerprint density at radius 3 is 2.23 bits per heavy atom. The van der Waals surface area contributed by atoms with Crippen LogP contribution in [0.4, 0.5) is 0 Å². The molecule has 0 fully saturated rings. The number of hydrogen-bond donors (Lipinski definition) is 0. The van der Waals surface area contributed by atoms with Crippen LogP contribution >= 0.6 is 0 Å². The zero-order chi connectivity index (χ0) is 16.5. The molecule has 116 valence electrons. The number of rotatable bonds is 3. The summed E-state index contributed by atoms with van der Waals surface area (Å²) in [5.74, 6) is -1.60. The fourth-order valence-corrected chi connectivity index (χ4v) is 1.99. The second kappa shape index (κ2) is 5.75. The molecule has 0 spiro atoms. The van der Waals surface area contributed by atoms with Crippen molar-refractivity contribution >= 4 is 11.8 Å². The van der Waals surface area contributed by atoms with E-state index >= 15 is 0 Å². The molecule has 0 saturated heterocycles. The minimum Gasteiger partial charge on any atom is -0.463 e. The average molecular weight is 300 g/mol. The van der Waals surface area contributed by atoms with Crippen LogP contribution in [0.15, 0.2) is 30.3 Å². The molecule has 0 radical (unpaired) electrons. The van der Waals surface area contributed by atoms with Gasteiger partial charge in [-0.05, 0) is 25.1 Å². The Morgan fingerprint density at radius 2 is 1.73 bits per heavy atom. The van der Waals surface area contributed by atoms with Crippen LogP contribution in [0.3, 0.4) is 0 Å². The van der Waals surface area contributed by atoms with Gasteiger partial charge in [0.25, 0.3) is 5.78 Å². The molecular formula is C17H20N2O3. The largest absolute Gasteiger partial charge is 0.463 e. The summed E-state index contributed by atoms with van der Waals surface area (Å²) in [5.41, 5.74) is 2.54. The molecule has 0 aliphatic rings. The molecule has 2 rings (SSSR count). The molecule has 22 heavy (non-hydrogen) atoms. The van der Waals surface area contributed by atoms with Crippen LogP contribution in [-0.4, -0.2) is 28.6 Å². The third-order valence-corrected chi connectivity index (χ3v) is 3.36. The number of benzene rings is 1. The number of esters is 1. The molecule has 0 amide bonds. The molecule has 5 nitrogen and oxygen atoms in total. The van der Waals surface area contributed by atoms with E-state index in [0.29, 0.717) is 0 Å². The first-order chi connectivity index (χ1) is 10.2. The van der Waals surface area contributed by atoms with Crippen molar-refractivity contribution in [2.75, 3.05) is 7.11 Å². The first-order valence-corrected chi connectivity index (χ1v) is 7.04. The van der Waals surface area contributed by atoms with Crippen LogP contribution in [0, 0.1) is 6.92 Å². The molecule has 0 aliphatic carbocycles. The SMILES string of the molecule is COC(=O)C(=O)c1cc(C(C)(C)C)nn1-c1ccc(C)cc1. The summed E-state index contributed by atoms with van der Waals surface area (Å²) in [6.07, 6.45) is 0. The number of ketones is 1. The number of methoxy groups -OCH3 is 1. The molecular weight excluding hydrogens is 280 g/mol. The van der Waals surface area contributed by atoms with Crippen molar-refractivity contribution in [3.05, 3.63) is 47.3 Å². The van der Waals surface area contributed by atoms with Crippen molar-refractivity contribution in [2.45, 2.75) is 33.1 Å². The molecule has 5 heteroatoms.